The van der Waals surface area contributed by atoms with Crippen LogP contribution >= 0.6 is 0 Å². The van der Waals surface area contributed by atoms with Gasteiger partial charge < -0.3 is 5.11 Å². The van der Waals surface area contributed by atoms with Gasteiger partial charge in [-0.3, -0.25) is 0 Å². The van der Waals surface area contributed by atoms with Gasteiger partial charge in [0.25, 0.3) is 0 Å². The summed E-state index contributed by atoms with van der Waals surface area (Å²) in [6.45, 7) is 1.70. The number of benzene rings is 2. The standard InChI is InChI=1S/C17H18O3S/c1-12-10-15(8-9-17(12)18)21(19,20)16-7-6-13-4-2-3-5-14(13)11-16/h6-11,18H,2-5H2,1H3. The summed E-state index contributed by atoms with van der Waals surface area (Å²) in [5, 5.41) is 9.54. The second-order valence-corrected chi connectivity index (χ2v) is 7.54. The molecule has 3 rings (SSSR count). The van der Waals surface area contributed by atoms with E-state index >= 15 is 0 Å². The molecule has 4 heteroatoms. The minimum Gasteiger partial charge on any atom is -0.508 e. The third-order valence-corrected chi connectivity index (χ3v) is 5.86. The number of aromatic hydroxyl groups is 1. The lowest BCUT2D eigenvalue weighted by atomic mass is 9.92. The number of phenols is 1. The lowest BCUT2D eigenvalue weighted by Gasteiger charge is -2.16. The van der Waals surface area contributed by atoms with Crippen LogP contribution < -0.4 is 0 Å². The van der Waals surface area contributed by atoms with Crippen molar-refractivity contribution in [3.05, 3.63) is 53.1 Å². The van der Waals surface area contributed by atoms with Gasteiger partial charge in [0.05, 0.1) is 9.79 Å². The second-order valence-electron chi connectivity index (χ2n) is 5.59. The second kappa shape index (κ2) is 5.19. The van der Waals surface area contributed by atoms with Crippen molar-refractivity contribution in [3.8, 4) is 5.75 Å². The van der Waals surface area contributed by atoms with Gasteiger partial charge in [0, 0.05) is 0 Å². The third kappa shape index (κ3) is 2.56. The minimum absolute atomic E-state index is 0.111. The Morgan fingerprint density at radius 3 is 2.24 bits per heavy atom. The fourth-order valence-corrected chi connectivity index (χ4v) is 4.20. The van der Waals surface area contributed by atoms with Crippen LogP contribution in [0.2, 0.25) is 0 Å². The predicted molar refractivity (Wildman–Crippen MR) is 81.4 cm³/mol. The Kier molecular flexibility index (Phi) is 3.49. The van der Waals surface area contributed by atoms with E-state index in [1.807, 2.05) is 12.1 Å². The average molecular weight is 302 g/mol. The van der Waals surface area contributed by atoms with Crippen LogP contribution in [-0.2, 0) is 22.7 Å². The molecule has 0 bridgehead atoms. The summed E-state index contributed by atoms with van der Waals surface area (Å²) < 4.78 is 25.4. The molecule has 0 radical (unpaired) electrons. The quantitative estimate of drug-likeness (QED) is 0.925. The molecule has 0 amide bonds. The van der Waals surface area contributed by atoms with Crippen LogP contribution in [0, 0.1) is 6.92 Å². The molecule has 110 valence electrons. The molecule has 1 aliphatic rings. The van der Waals surface area contributed by atoms with E-state index in [9.17, 15) is 13.5 Å². The van der Waals surface area contributed by atoms with Crippen LogP contribution in [0.1, 0.15) is 29.5 Å². The number of phenolic OH excluding ortho intramolecular Hbond substituents is 1. The lowest BCUT2D eigenvalue weighted by molar-refractivity contribution is 0.470. The van der Waals surface area contributed by atoms with E-state index in [1.165, 1.54) is 30.2 Å². The Balaban J connectivity index is 2.07. The number of fused-ring (bicyclic) bond motifs is 1. The predicted octanol–water partition coefficient (Wildman–Crippen LogP) is 3.41. The van der Waals surface area contributed by atoms with Crippen molar-refractivity contribution in [1.82, 2.24) is 0 Å². The minimum atomic E-state index is -3.52. The molecule has 0 saturated heterocycles. The van der Waals surface area contributed by atoms with Gasteiger partial charge in [-0.15, -0.1) is 0 Å². The van der Waals surface area contributed by atoms with Gasteiger partial charge in [-0.25, -0.2) is 8.42 Å². The molecule has 1 N–H and O–H groups in total. The monoisotopic (exact) mass is 302 g/mol. The van der Waals surface area contributed by atoms with E-state index in [2.05, 4.69) is 0 Å². The summed E-state index contributed by atoms with van der Waals surface area (Å²) in [6, 6.07) is 9.85. The number of hydrogen-bond donors (Lipinski definition) is 1. The molecule has 0 aliphatic heterocycles. The van der Waals surface area contributed by atoms with Crippen LogP contribution in [0.15, 0.2) is 46.2 Å². The smallest absolute Gasteiger partial charge is 0.206 e. The number of aryl methyl sites for hydroxylation is 3. The Hall–Kier alpha value is -1.81. The zero-order valence-electron chi connectivity index (χ0n) is 12.0. The highest BCUT2D eigenvalue weighted by Crippen LogP contribution is 2.29. The first-order chi connectivity index (χ1) is 9.98. The molecular weight excluding hydrogens is 284 g/mol. The normalized spacial score (nSPS) is 14.7. The Labute approximate surface area is 125 Å². The van der Waals surface area contributed by atoms with E-state index < -0.39 is 9.84 Å². The van der Waals surface area contributed by atoms with E-state index in [-0.39, 0.29) is 10.6 Å². The first-order valence-electron chi connectivity index (χ1n) is 7.15. The van der Waals surface area contributed by atoms with Gasteiger partial charge in [0.15, 0.2) is 0 Å². The van der Waals surface area contributed by atoms with Crippen molar-refractivity contribution >= 4 is 9.84 Å². The Morgan fingerprint density at radius 2 is 1.52 bits per heavy atom. The number of sulfone groups is 1. The fraction of sp³-hybridized carbons (Fsp3) is 0.294. The summed E-state index contributed by atoms with van der Waals surface area (Å²) >= 11 is 0. The lowest BCUT2D eigenvalue weighted by Crippen LogP contribution is -2.07. The summed E-state index contributed by atoms with van der Waals surface area (Å²) in [5.74, 6) is 0.111. The van der Waals surface area contributed by atoms with Crippen molar-refractivity contribution in [3.63, 3.8) is 0 Å². The molecular formula is C17H18O3S. The summed E-state index contributed by atoms with van der Waals surface area (Å²) in [4.78, 5) is 0.571. The van der Waals surface area contributed by atoms with E-state index in [1.54, 1.807) is 13.0 Å². The summed E-state index contributed by atoms with van der Waals surface area (Å²) in [7, 11) is -3.52. The molecule has 0 aromatic heterocycles. The van der Waals surface area contributed by atoms with Crippen LogP contribution in [0.25, 0.3) is 0 Å². The zero-order chi connectivity index (χ0) is 15.0. The van der Waals surface area contributed by atoms with Gasteiger partial charge in [0.1, 0.15) is 5.75 Å². The van der Waals surface area contributed by atoms with Gasteiger partial charge in [-0.2, -0.15) is 0 Å². The molecule has 2 aromatic carbocycles. The van der Waals surface area contributed by atoms with Crippen LogP contribution in [0.3, 0.4) is 0 Å². The Morgan fingerprint density at radius 1 is 0.905 bits per heavy atom. The van der Waals surface area contributed by atoms with Crippen LogP contribution in [0.5, 0.6) is 5.75 Å². The largest absolute Gasteiger partial charge is 0.508 e. The van der Waals surface area contributed by atoms with Gasteiger partial charge in [-0.1, -0.05) is 6.07 Å². The molecule has 0 heterocycles. The van der Waals surface area contributed by atoms with E-state index in [0.717, 1.165) is 24.8 Å². The van der Waals surface area contributed by atoms with Gasteiger partial charge in [-0.05, 0) is 79.6 Å². The molecule has 21 heavy (non-hydrogen) atoms. The molecule has 3 nitrogen and oxygen atoms in total. The highest BCUT2D eigenvalue weighted by molar-refractivity contribution is 7.91. The molecule has 2 aromatic rings. The molecule has 0 spiro atoms. The van der Waals surface area contributed by atoms with Crippen molar-refractivity contribution in [1.29, 1.82) is 0 Å². The molecule has 0 atom stereocenters. The summed E-state index contributed by atoms with van der Waals surface area (Å²) in [5.41, 5.74) is 2.98. The maximum absolute atomic E-state index is 12.7. The third-order valence-electron chi connectivity index (χ3n) is 4.11. The first kappa shape index (κ1) is 14.1. The van der Waals surface area contributed by atoms with E-state index in [4.69, 9.17) is 0 Å². The topological polar surface area (TPSA) is 54.4 Å². The van der Waals surface area contributed by atoms with E-state index in [0.29, 0.717) is 10.5 Å². The van der Waals surface area contributed by atoms with Crippen molar-refractivity contribution in [2.75, 3.05) is 0 Å². The molecule has 0 unspecified atom stereocenters. The highest BCUT2D eigenvalue weighted by Gasteiger charge is 2.20. The maximum Gasteiger partial charge on any atom is 0.206 e. The van der Waals surface area contributed by atoms with Crippen molar-refractivity contribution in [2.24, 2.45) is 0 Å². The molecule has 0 fully saturated rings. The molecule has 1 aliphatic carbocycles. The average Bonchev–Trinajstić information content (AvgIpc) is 2.49. The highest BCUT2D eigenvalue weighted by atomic mass is 32.2. The van der Waals surface area contributed by atoms with Gasteiger partial charge >= 0.3 is 0 Å². The number of rotatable bonds is 2. The van der Waals surface area contributed by atoms with Crippen LogP contribution in [0.4, 0.5) is 0 Å². The van der Waals surface area contributed by atoms with Crippen molar-refractivity contribution < 1.29 is 13.5 Å². The fourth-order valence-electron chi connectivity index (χ4n) is 2.81. The van der Waals surface area contributed by atoms with Crippen LogP contribution in [-0.4, -0.2) is 13.5 Å². The summed E-state index contributed by atoms with van der Waals surface area (Å²) in [6.07, 6.45) is 4.28. The zero-order valence-corrected chi connectivity index (χ0v) is 12.8. The maximum atomic E-state index is 12.7. The van der Waals surface area contributed by atoms with Crippen molar-refractivity contribution in [2.45, 2.75) is 42.4 Å². The SMILES string of the molecule is Cc1cc(S(=O)(=O)c2ccc3c(c2)CCCC3)ccc1O. The first-order valence-corrected chi connectivity index (χ1v) is 8.63. The molecule has 0 saturated carbocycles. The Bertz CT molecular complexity index is 792. The number of hydrogen-bond acceptors (Lipinski definition) is 3. The van der Waals surface area contributed by atoms with Gasteiger partial charge in [0.2, 0.25) is 9.84 Å².